The van der Waals surface area contributed by atoms with E-state index in [2.05, 4.69) is 5.43 Å². The van der Waals surface area contributed by atoms with Crippen molar-refractivity contribution in [2.45, 2.75) is 18.6 Å². The third kappa shape index (κ3) is 4.64. The van der Waals surface area contributed by atoms with Crippen molar-refractivity contribution in [3.63, 3.8) is 0 Å². The lowest BCUT2D eigenvalue weighted by Crippen LogP contribution is -2.43. The van der Waals surface area contributed by atoms with Crippen LogP contribution in [0.4, 0.5) is 13.2 Å². The largest absolute Gasteiger partial charge is 0.416 e. The van der Waals surface area contributed by atoms with Gasteiger partial charge in [0.05, 0.1) is 5.56 Å². The monoisotopic (exact) mass is 261 g/mol. The molecule has 0 spiro atoms. The zero-order valence-corrected chi connectivity index (χ0v) is 10.5. The topological polar surface area (TPSA) is 41.3 Å². The molecule has 0 amide bonds. The van der Waals surface area contributed by atoms with E-state index in [1.165, 1.54) is 12.1 Å². The summed E-state index contributed by atoms with van der Waals surface area (Å²) < 4.78 is 37.6. The summed E-state index contributed by atoms with van der Waals surface area (Å²) in [7, 11) is 3.77. The SMILES string of the molecule is CN(C)CC(Cc1cccc(C(F)(F)F)c1)NN. The molecule has 1 aromatic carbocycles. The van der Waals surface area contributed by atoms with Gasteiger partial charge < -0.3 is 4.90 Å². The van der Waals surface area contributed by atoms with Crippen molar-refractivity contribution in [3.05, 3.63) is 35.4 Å². The number of hydrogen-bond acceptors (Lipinski definition) is 3. The highest BCUT2D eigenvalue weighted by molar-refractivity contribution is 5.26. The van der Waals surface area contributed by atoms with Crippen molar-refractivity contribution >= 4 is 0 Å². The standard InChI is InChI=1S/C12H18F3N3/c1-18(2)8-11(17-16)7-9-4-3-5-10(6-9)12(13,14)15/h3-6,11,17H,7-8,16H2,1-2H3. The highest BCUT2D eigenvalue weighted by Crippen LogP contribution is 2.29. The molecule has 0 saturated heterocycles. The molecule has 0 radical (unpaired) electrons. The number of halogens is 3. The van der Waals surface area contributed by atoms with E-state index in [0.29, 0.717) is 18.5 Å². The molecule has 0 heterocycles. The number of hydrogen-bond donors (Lipinski definition) is 2. The van der Waals surface area contributed by atoms with Crippen molar-refractivity contribution in [2.75, 3.05) is 20.6 Å². The molecule has 0 aliphatic rings. The number of rotatable bonds is 5. The first-order chi connectivity index (χ1) is 8.32. The molecule has 0 saturated carbocycles. The minimum Gasteiger partial charge on any atom is -0.308 e. The second-order valence-electron chi connectivity index (χ2n) is 4.53. The van der Waals surface area contributed by atoms with Gasteiger partial charge in [0.2, 0.25) is 0 Å². The number of likely N-dealkylation sites (N-methyl/N-ethyl adjacent to an activating group) is 1. The van der Waals surface area contributed by atoms with Gasteiger partial charge in [0, 0.05) is 12.6 Å². The molecule has 0 aromatic heterocycles. The number of nitrogens with one attached hydrogen (secondary N) is 1. The molecular formula is C12H18F3N3. The van der Waals surface area contributed by atoms with Crippen LogP contribution in [0.15, 0.2) is 24.3 Å². The number of nitrogens with two attached hydrogens (primary N) is 1. The van der Waals surface area contributed by atoms with Crippen molar-refractivity contribution in [3.8, 4) is 0 Å². The Morgan fingerprint density at radius 1 is 1.33 bits per heavy atom. The molecule has 0 bridgehead atoms. The van der Waals surface area contributed by atoms with Crippen molar-refractivity contribution < 1.29 is 13.2 Å². The van der Waals surface area contributed by atoms with Crippen LogP contribution in [-0.2, 0) is 12.6 Å². The summed E-state index contributed by atoms with van der Waals surface area (Å²) in [5.41, 5.74) is 2.61. The lowest BCUT2D eigenvalue weighted by molar-refractivity contribution is -0.137. The Labute approximate surface area is 105 Å². The fourth-order valence-electron chi connectivity index (χ4n) is 1.78. The van der Waals surface area contributed by atoms with Crippen LogP contribution in [0.25, 0.3) is 0 Å². The molecule has 1 aromatic rings. The first-order valence-electron chi connectivity index (χ1n) is 5.60. The van der Waals surface area contributed by atoms with Crippen LogP contribution in [0, 0.1) is 0 Å². The Balaban J connectivity index is 2.78. The van der Waals surface area contributed by atoms with Crippen molar-refractivity contribution in [1.29, 1.82) is 0 Å². The van der Waals surface area contributed by atoms with Gasteiger partial charge >= 0.3 is 6.18 Å². The molecule has 1 rings (SSSR count). The van der Waals surface area contributed by atoms with Crippen molar-refractivity contribution in [1.82, 2.24) is 10.3 Å². The zero-order chi connectivity index (χ0) is 13.8. The molecule has 3 nitrogen and oxygen atoms in total. The predicted octanol–water partition coefficient (Wildman–Crippen LogP) is 1.64. The van der Waals surface area contributed by atoms with Crippen LogP contribution >= 0.6 is 0 Å². The van der Waals surface area contributed by atoms with E-state index in [9.17, 15) is 13.2 Å². The van der Waals surface area contributed by atoms with Gasteiger partial charge in [-0.15, -0.1) is 0 Å². The van der Waals surface area contributed by atoms with Gasteiger partial charge in [-0.3, -0.25) is 11.3 Å². The van der Waals surface area contributed by atoms with Crippen LogP contribution in [0.2, 0.25) is 0 Å². The van der Waals surface area contributed by atoms with Crippen LogP contribution < -0.4 is 11.3 Å². The number of benzene rings is 1. The van der Waals surface area contributed by atoms with Crippen LogP contribution in [0.1, 0.15) is 11.1 Å². The van der Waals surface area contributed by atoms with Gasteiger partial charge in [-0.1, -0.05) is 18.2 Å². The predicted molar refractivity (Wildman–Crippen MR) is 64.8 cm³/mol. The van der Waals surface area contributed by atoms with Crippen LogP contribution in [-0.4, -0.2) is 31.6 Å². The molecule has 102 valence electrons. The third-order valence-corrected chi connectivity index (χ3v) is 2.56. The summed E-state index contributed by atoms with van der Waals surface area (Å²) in [5, 5.41) is 0. The number of hydrazine groups is 1. The van der Waals surface area contributed by atoms with Gasteiger partial charge in [-0.05, 0) is 32.1 Å². The molecule has 1 unspecified atom stereocenters. The lowest BCUT2D eigenvalue weighted by Gasteiger charge is -2.20. The third-order valence-electron chi connectivity index (χ3n) is 2.56. The summed E-state index contributed by atoms with van der Waals surface area (Å²) in [6, 6.07) is 5.25. The summed E-state index contributed by atoms with van der Waals surface area (Å²) in [6.45, 7) is 0.659. The van der Waals surface area contributed by atoms with Crippen LogP contribution in [0.3, 0.4) is 0 Å². The maximum Gasteiger partial charge on any atom is 0.416 e. The summed E-state index contributed by atoms with van der Waals surface area (Å²) in [5.74, 6) is 5.39. The Morgan fingerprint density at radius 3 is 2.50 bits per heavy atom. The molecule has 1 atom stereocenters. The Morgan fingerprint density at radius 2 is 2.00 bits per heavy atom. The Bertz CT molecular complexity index is 377. The summed E-state index contributed by atoms with van der Waals surface area (Å²) in [4.78, 5) is 1.93. The van der Waals surface area contributed by atoms with E-state index in [1.54, 1.807) is 6.07 Å². The molecular weight excluding hydrogens is 243 g/mol. The van der Waals surface area contributed by atoms with Gasteiger partial charge in [0.15, 0.2) is 0 Å². The minimum absolute atomic E-state index is 0.0801. The van der Waals surface area contributed by atoms with E-state index in [4.69, 9.17) is 5.84 Å². The molecule has 18 heavy (non-hydrogen) atoms. The second kappa shape index (κ2) is 6.17. The lowest BCUT2D eigenvalue weighted by atomic mass is 10.0. The fraction of sp³-hybridized carbons (Fsp3) is 0.500. The van der Waals surface area contributed by atoms with Crippen LogP contribution in [0.5, 0.6) is 0 Å². The average molecular weight is 261 g/mol. The molecule has 0 fully saturated rings. The van der Waals surface area contributed by atoms with Gasteiger partial charge in [-0.25, -0.2) is 0 Å². The quantitative estimate of drug-likeness (QED) is 0.625. The van der Waals surface area contributed by atoms with E-state index in [-0.39, 0.29) is 6.04 Å². The van der Waals surface area contributed by atoms with Gasteiger partial charge in [0.1, 0.15) is 0 Å². The minimum atomic E-state index is -4.30. The fourth-order valence-corrected chi connectivity index (χ4v) is 1.78. The molecule has 0 aliphatic heterocycles. The molecule has 0 aliphatic carbocycles. The highest BCUT2D eigenvalue weighted by Gasteiger charge is 2.30. The average Bonchev–Trinajstić information content (AvgIpc) is 2.26. The molecule has 3 N–H and O–H groups in total. The van der Waals surface area contributed by atoms with Crippen molar-refractivity contribution in [2.24, 2.45) is 5.84 Å². The van der Waals surface area contributed by atoms with E-state index in [1.807, 2.05) is 19.0 Å². The number of alkyl halides is 3. The first kappa shape index (κ1) is 14.9. The Hall–Kier alpha value is -1.11. The smallest absolute Gasteiger partial charge is 0.308 e. The maximum absolute atomic E-state index is 12.5. The second-order valence-corrected chi connectivity index (χ2v) is 4.53. The zero-order valence-electron chi connectivity index (χ0n) is 10.5. The summed E-state index contributed by atoms with van der Waals surface area (Å²) >= 11 is 0. The van der Waals surface area contributed by atoms with E-state index < -0.39 is 11.7 Å². The van der Waals surface area contributed by atoms with Gasteiger partial charge in [-0.2, -0.15) is 13.2 Å². The van der Waals surface area contributed by atoms with E-state index in [0.717, 1.165) is 6.07 Å². The van der Waals surface area contributed by atoms with Gasteiger partial charge in [0.25, 0.3) is 0 Å². The van der Waals surface area contributed by atoms with E-state index >= 15 is 0 Å². The number of nitrogens with zero attached hydrogens (tertiary/aromatic N) is 1. The summed E-state index contributed by atoms with van der Waals surface area (Å²) in [6.07, 6.45) is -3.85. The normalized spacial score (nSPS) is 13.9. The first-order valence-corrected chi connectivity index (χ1v) is 5.60. The highest BCUT2D eigenvalue weighted by atomic mass is 19.4. The molecule has 6 heteroatoms. The maximum atomic E-state index is 12.5. The Kier molecular flexibility index (Phi) is 5.13.